The van der Waals surface area contributed by atoms with Crippen LogP contribution in [0, 0.1) is 20.8 Å². The van der Waals surface area contributed by atoms with Gasteiger partial charge >= 0.3 is 11.6 Å². The van der Waals surface area contributed by atoms with Crippen LogP contribution >= 0.6 is 0 Å². The molecule has 1 fully saturated rings. The third-order valence-electron chi connectivity index (χ3n) is 5.65. The molecule has 1 atom stereocenters. The molecule has 28 heavy (non-hydrogen) atoms. The van der Waals surface area contributed by atoms with Crippen molar-refractivity contribution in [2.45, 2.75) is 46.1 Å². The number of aliphatic carboxylic acids is 1. The number of carboxylic acid groups (broad SMARTS) is 1. The minimum absolute atomic E-state index is 0.192. The van der Waals surface area contributed by atoms with Crippen molar-refractivity contribution in [3.63, 3.8) is 0 Å². The highest BCUT2D eigenvalue weighted by Crippen LogP contribution is 2.34. The quantitative estimate of drug-likeness (QED) is 0.698. The monoisotopic (exact) mass is 383 g/mol. The molecule has 3 heterocycles. The summed E-state index contributed by atoms with van der Waals surface area (Å²) in [4.78, 5) is 38.1. The van der Waals surface area contributed by atoms with E-state index in [-0.39, 0.29) is 17.9 Å². The molecule has 0 radical (unpaired) electrons. The van der Waals surface area contributed by atoms with Crippen LogP contribution in [0.4, 0.5) is 0 Å². The first-order chi connectivity index (χ1) is 13.3. The van der Waals surface area contributed by atoms with E-state index >= 15 is 0 Å². The van der Waals surface area contributed by atoms with Crippen LogP contribution in [0.15, 0.2) is 26.0 Å². The molecule has 1 saturated heterocycles. The van der Waals surface area contributed by atoms with Crippen molar-refractivity contribution in [1.82, 2.24) is 4.90 Å². The average molecular weight is 383 g/mol. The summed E-state index contributed by atoms with van der Waals surface area (Å²) < 4.78 is 11.2. The van der Waals surface area contributed by atoms with Crippen molar-refractivity contribution in [2.75, 3.05) is 6.54 Å². The topological polar surface area (TPSA) is 101 Å². The van der Waals surface area contributed by atoms with Gasteiger partial charge < -0.3 is 18.8 Å². The molecular weight excluding hydrogens is 362 g/mol. The van der Waals surface area contributed by atoms with Crippen molar-refractivity contribution in [1.29, 1.82) is 0 Å². The van der Waals surface area contributed by atoms with Crippen LogP contribution in [0.25, 0.3) is 21.9 Å². The fourth-order valence-corrected chi connectivity index (χ4v) is 4.25. The maximum Gasteiger partial charge on any atom is 0.340 e. The lowest BCUT2D eigenvalue weighted by Gasteiger charge is -2.21. The van der Waals surface area contributed by atoms with E-state index in [0.29, 0.717) is 41.5 Å². The highest BCUT2D eigenvalue weighted by molar-refractivity contribution is 6.07. The predicted molar refractivity (Wildman–Crippen MR) is 103 cm³/mol. The number of hydrogen-bond acceptors (Lipinski definition) is 5. The van der Waals surface area contributed by atoms with Crippen LogP contribution < -0.4 is 5.63 Å². The second-order valence-corrected chi connectivity index (χ2v) is 7.44. The zero-order valence-electron chi connectivity index (χ0n) is 16.0. The maximum atomic E-state index is 12.8. The third kappa shape index (κ3) is 2.69. The SMILES string of the molecule is Cc1coc2c1c(C)cc1oc(=O)c(CC(=O)N3CCC[C@H]3C(=O)O)c(C)c12. The van der Waals surface area contributed by atoms with Gasteiger partial charge in [0.05, 0.1) is 23.6 Å². The third-order valence-corrected chi connectivity index (χ3v) is 5.65. The molecule has 1 aliphatic heterocycles. The molecule has 2 aromatic heterocycles. The van der Waals surface area contributed by atoms with E-state index in [1.807, 2.05) is 13.8 Å². The maximum absolute atomic E-state index is 12.8. The average Bonchev–Trinajstić information content (AvgIpc) is 3.25. The summed E-state index contributed by atoms with van der Waals surface area (Å²) >= 11 is 0. The molecule has 1 aliphatic rings. The molecule has 7 nitrogen and oxygen atoms in total. The highest BCUT2D eigenvalue weighted by atomic mass is 16.4. The van der Waals surface area contributed by atoms with Gasteiger partial charge in [0.15, 0.2) is 0 Å². The number of amides is 1. The van der Waals surface area contributed by atoms with Crippen LogP contribution in [0.3, 0.4) is 0 Å². The number of carbonyl (C=O) groups excluding carboxylic acids is 1. The number of likely N-dealkylation sites (tertiary alicyclic amines) is 1. The molecule has 0 aliphatic carbocycles. The standard InChI is InChI=1S/C21H21NO6/c1-10-7-15-18(19-17(10)11(2)9-27-19)12(3)13(21(26)28-15)8-16(23)22-6-4-5-14(22)20(24)25/h7,9,14H,4-6,8H2,1-3H3,(H,24,25)/t14-/m0/s1. The number of furan rings is 1. The van der Waals surface area contributed by atoms with Gasteiger partial charge in [0.1, 0.15) is 17.2 Å². The second kappa shape index (κ2) is 6.51. The lowest BCUT2D eigenvalue weighted by molar-refractivity contribution is -0.148. The number of hydrogen-bond donors (Lipinski definition) is 1. The molecule has 4 rings (SSSR count). The molecule has 0 saturated carbocycles. The van der Waals surface area contributed by atoms with Crippen LogP contribution in [0.5, 0.6) is 0 Å². The summed E-state index contributed by atoms with van der Waals surface area (Å²) in [5.41, 5.74) is 3.28. The Morgan fingerprint density at radius 2 is 1.96 bits per heavy atom. The van der Waals surface area contributed by atoms with Crippen LogP contribution in [0.2, 0.25) is 0 Å². The van der Waals surface area contributed by atoms with Gasteiger partial charge in [-0.1, -0.05) is 0 Å². The van der Waals surface area contributed by atoms with E-state index in [1.54, 1.807) is 19.3 Å². The first kappa shape index (κ1) is 18.3. The molecule has 1 aromatic carbocycles. The molecule has 1 amide bonds. The van der Waals surface area contributed by atoms with E-state index in [4.69, 9.17) is 8.83 Å². The zero-order chi connectivity index (χ0) is 20.2. The lowest BCUT2D eigenvalue weighted by atomic mass is 9.98. The summed E-state index contributed by atoms with van der Waals surface area (Å²) in [6.07, 6.45) is 2.54. The van der Waals surface area contributed by atoms with Crippen molar-refractivity contribution in [3.05, 3.63) is 45.0 Å². The van der Waals surface area contributed by atoms with Gasteiger partial charge in [-0.05, 0) is 56.4 Å². The van der Waals surface area contributed by atoms with Crippen molar-refractivity contribution in [2.24, 2.45) is 0 Å². The summed E-state index contributed by atoms with van der Waals surface area (Å²) in [6.45, 7) is 6.03. The fraction of sp³-hybridized carbons (Fsp3) is 0.381. The normalized spacial score (nSPS) is 17.0. The van der Waals surface area contributed by atoms with E-state index in [2.05, 4.69) is 0 Å². The summed E-state index contributed by atoms with van der Waals surface area (Å²) in [7, 11) is 0. The molecule has 0 bridgehead atoms. The Morgan fingerprint density at radius 3 is 2.68 bits per heavy atom. The molecule has 0 unspecified atom stereocenters. The molecule has 1 N–H and O–H groups in total. The first-order valence-electron chi connectivity index (χ1n) is 9.25. The van der Waals surface area contributed by atoms with Gasteiger partial charge in [-0.25, -0.2) is 9.59 Å². The Bertz CT molecular complexity index is 1190. The Hall–Kier alpha value is -3.09. The van der Waals surface area contributed by atoms with Crippen molar-refractivity contribution < 1.29 is 23.5 Å². The van der Waals surface area contributed by atoms with Gasteiger partial charge in [0.2, 0.25) is 5.91 Å². The Balaban J connectivity index is 1.83. The minimum Gasteiger partial charge on any atom is -0.480 e. The summed E-state index contributed by atoms with van der Waals surface area (Å²) in [5, 5.41) is 10.9. The van der Waals surface area contributed by atoms with Gasteiger partial charge in [-0.2, -0.15) is 0 Å². The molecule has 0 spiro atoms. The van der Waals surface area contributed by atoms with E-state index in [0.717, 1.165) is 16.5 Å². The summed E-state index contributed by atoms with van der Waals surface area (Å²) in [6, 6.07) is 0.976. The summed E-state index contributed by atoms with van der Waals surface area (Å²) in [5.74, 6) is -1.39. The first-order valence-corrected chi connectivity index (χ1v) is 9.25. The predicted octanol–water partition coefficient (Wildman–Crippen LogP) is 3.08. The van der Waals surface area contributed by atoms with E-state index < -0.39 is 17.6 Å². The number of aryl methyl sites for hydroxylation is 3. The molecular formula is C21H21NO6. The fourth-order valence-electron chi connectivity index (χ4n) is 4.25. The number of benzene rings is 1. The smallest absolute Gasteiger partial charge is 0.340 e. The zero-order valence-corrected chi connectivity index (χ0v) is 16.0. The Morgan fingerprint density at radius 1 is 1.21 bits per heavy atom. The van der Waals surface area contributed by atoms with Crippen molar-refractivity contribution in [3.8, 4) is 0 Å². The largest absolute Gasteiger partial charge is 0.480 e. The van der Waals surface area contributed by atoms with Gasteiger partial charge in [0, 0.05) is 11.9 Å². The highest BCUT2D eigenvalue weighted by Gasteiger charge is 2.34. The number of fused-ring (bicyclic) bond motifs is 3. The number of carbonyl (C=O) groups is 2. The Kier molecular flexibility index (Phi) is 4.25. The number of rotatable bonds is 3. The lowest BCUT2D eigenvalue weighted by Crippen LogP contribution is -2.41. The van der Waals surface area contributed by atoms with Crippen LogP contribution in [0.1, 0.15) is 35.1 Å². The number of carboxylic acids is 1. The van der Waals surface area contributed by atoms with Gasteiger partial charge in [-0.3, -0.25) is 4.79 Å². The van der Waals surface area contributed by atoms with Crippen molar-refractivity contribution >= 4 is 33.8 Å². The van der Waals surface area contributed by atoms with E-state index in [9.17, 15) is 19.5 Å². The molecule has 3 aromatic rings. The van der Waals surface area contributed by atoms with Crippen LogP contribution in [-0.2, 0) is 16.0 Å². The minimum atomic E-state index is -1.02. The van der Waals surface area contributed by atoms with Gasteiger partial charge in [-0.15, -0.1) is 0 Å². The molecule has 146 valence electrons. The second-order valence-electron chi connectivity index (χ2n) is 7.44. The number of nitrogens with zero attached hydrogens (tertiary/aromatic N) is 1. The Labute approximate surface area is 160 Å². The van der Waals surface area contributed by atoms with Crippen LogP contribution in [-0.4, -0.2) is 34.5 Å². The van der Waals surface area contributed by atoms with Gasteiger partial charge in [0.25, 0.3) is 0 Å². The van der Waals surface area contributed by atoms with E-state index in [1.165, 1.54) is 4.90 Å². The molecule has 7 heteroatoms.